The molecule has 1 aliphatic heterocycles. The van der Waals surface area contributed by atoms with Gasteiger partial charge in [0.15, 0.2) is 5.65 Å². The average Bonchev–Trinajstić information content (AvgIpc) is 3.23. The molecule has 0 spiro atoms. The van der Waals surface area contributed by atoms with E-state index < -0.39 is 0 Å². The van der Waals surface area contributed by atoms with Crippen LogP contribution in [-0.2, 0) is 11.3 Å². The predicted octanol–water partition coefficient (Wildman–Crippen LogP) is 3.34. The molecular weight excluding hydrogens is 406 g/mol. The van der Waals surface area contributed by atoms with Crippen molar-refractivity contribution in [1.29, 1.82) is 0 Å². The summed E-state index contributed by atoms with van der Waals surface area (Å²) in [5.41, 5.74) is 3.66. The molecule has 32 heavy (non-hydrogen) atoms. The molecule has 0 saturated carbocycles. The third kappa shape index (κ3) is 5.16. The van der Waals surface area contributed by atoms with Crippen LogP contribution < -0.4 is 20.7 Å². The number of carbonyl (C=O) groups is 1. The van der Waals surface area contributed by atoms with Crippen molar-refractivity contribution in [2.24, 2.45) is 0 Å². The van der Waals surface area contributed by atoms with Crippen LogP contribution in [0.15, 0.2) is 30.5 Å². The number of aromatic nitrogens is 4. The molecule has 0 unspecified atom stereocenters. The van der Waals surface area contributed by atoms with E-state index >= 15 is 0 Å². The highest BCUT2D eigenvalue weighted by Gasteiger charge is 2.20. The fourth-order valence-corrected chi connectivity index (χ4v) is 3.66. The lowest BCUT2D eigenvalue weighted by Crippen LogP contribution is -2.37. The molecule has 3 N–H and O–H groups in total. The summed E-state index contributed by atoms with van der Waals surface area (Å²) < 4.78 is 7.85. The minimum Gasteiger partial charge on any atom is -0.459 e. The van der Waals surface area contributed by atoms with E-state index in [2.05, 4.69) is 44.9 Å². The van der Waals surface area contributed by atoms with Gasteiger partial charge in [-0.25, -0.2) is 0 Å². The molecule has 1 amide bonds. The first kappa shape index (κ1) is 22.0. The summed E-state index contributed by atoms with van der Waals surface area (Å²) in [6.07, 6.45) is 4.43. The molecule has 1 saturated heterocycles. The molecule has 3 heterocycles. The van der Waals surface area contributed by atoms with Gasteiger partial charge in [-0.2, -0.15) is 19.6 Å². The second-order valence-electron chi connectivity index (χ2n) is 8.36. The normalized spacial score (nSPS) is 16.3. The number of fused-ring (bicyclic) bond motifs is 1. The van der Waals surface area contributed by atoms with Crippen molar-refractivity contribution >= 4 is 23.2 Å². The topological polar surface area (TPSA) is 105 Å². The van der Waals surface area contributed by atoms with Crippen LogP contribution in [0.5, 0.6) is 6.01 Å². The first-order valence-electron chi connectivity index (χ1n) is 11.3. The molecule has 0 radical (unpaired) electrons. The minimum atomic E-state index is -0.000383. The Morgan fingerprint density at radius 1 is 1.28 bits per heavy atom. The van der Waals surface area contributed by atoms with Crippen molar-refractivity contribution in [3.8, 4) is 6.01 Å². The van der Waals surface area contributed by atoms with Gasteiger partial charge in [-0.15, -0.1) is 0 Å². The largest absolute Gasteiger partial charge is 0.459 e. The van der Waals surface area contributed by atoms with Gasteiger partial charge in [0.05, 0.1) is 6.20 Å². The molecule has 9 heteroatoms. The second kappa shape index (κ2) is 9.95. The lowest BCUT2D eigenvalue weighted by atomic mass is 10.1. The molecule has 1 aromatic carbocycles. The van der Waals surface area contributed by atoms with Crippen LogP contribution in [0.2, 0.25) is 0 Å². The van der Waals surface area contributed by atoms with E-state index in [4.69, 9.17) is 4.74 Å². The summed E-state index contributed by atoms with van der Waals surface area (Å²) in [5, 5.41) is 14.1. The standard InChI is InChI=1S/C23H31N7O2/c1-4-20(31)27-17-9-7-16(8-10-17)12-25-22-29-23(32-18-6-5-11-24-13-18)28-21-19(15(2)3)14-26-30(21)22/h7-10,14-15,18,24H,4-6,11-13H2,1-3H3,(H,27,31)(H,25,28,29)/t18-/m0/s1. The van der Waals surface area contributed by atoms with Crippen molar-refractivity contribution in [2.75, 3.05) is 23.7 Å². The summed E-state index contributed by atoms with van der Waals surface area (Å²) in [5.74, 6) is 0.869. The number of ether oxygens (including phenoxy) is 1. The van der Waals surface area contributed by atoms with Crippen LogP contribution >= 0.6 is 0 Å². The first-order chi connectivity index (χ1) is 15.5. The first-order valence-corrected chi connectivity index (χ1v) is 11.3. The quantitative estimate of drug-likeness (QED) is 0.496. The van der Waals surface area contributed by atoms with Gasteiger partial charge in [-0.3, -0.25) is 4.79 Å². The molecule has 9 nitrogen and oxygen atoms in total. The Balaban J connectivity index is 1.54. The highest BCUT2D eigenvalue weighted by atomic mass is 16.5. The van der Waals surface area contributed by atoms with E-state index in [9.17, 15) is 4.79 Å². The number of nitrogens with one attached hydrogen (secondary N) is 3. The van der Waals surface area contributed by atoms with Crippen molar-refractivity contribution in [3.63, 3.8) is 0 Å². The maximum Gasteiger partial charge on any atom is 0.322 e. The number of hydrogen-bond donors (Lipinski definition) is 3. The number of piperidine rings is 1. The third-order valence-electron chi connectivity index (χ3n) is 5.53. The highest BCUT2D eigenvalue weighted by molar-refractivity contribution is 5.90. The Bertz CT molecular complexity index is 1060. The Morgan fingerprint density at radius 2 is 2.09 bits per heavy atom. The van der Waals surface area contributed by atoms with Gasteiger partial charge in [0.2, 0.25) is 11.9 Å². The monoisotopic (exact) mass is 437 g/mol. The van der Waals surface area contributed by atoms with Crippen LogP contribution in [0, 0.1) is 0 Å². The van der Waals surface area contributed by atoms with Crippen molar-refractivity contribution in [1.82, 2.24) is 24.9 Å². The van der Waals surface area contributed by atoms with Crippen LogP contribution in [0.3, 0.4) is 0 Å². The number of carbonyl (C=O) groups excluding carboxylic acids is 1. The van der Waals surface area contributed by atoms with Gasteiger partial charge in [-0.1, -0.05) is 32.9 Å². The van der Waals surface area contributed by atoms with Gasteiger partial charge in [0, 0.05) is 30.8 Å². The van der Waals surface area contributed by atoms with E-state index in [1.807, 2.05) is 37.4 Å². The predicted molar refractivity (Wildman–Crippen MR) is 124 cm³/mol. The second-order valence-corrected chi connectivity index (χ2v) is 8.36. The number of rotatable bonds is 8. The van der Waals surface area contributed by atoms with Gasteiger partial charge in [0.1, 0.15) is 6.10 Å². The minimum absolute atomic E-state index is 0.000383. The zero-order chi connectivity index (χ0) is 22.5. The number of benzene rings is 1. The zero-order valence-corrected chi connectivity index (χ0v) is 18.9. The molecule has 0 aliphatic carbocycles. The molecule has 0 bridgehead atoms. The molecule has 1 atom stereocenters. The lowest BCUT2D eigenvalue weighted by molar-refractivity contribution is -0.115. The smallest absolute Gasteiger partial charge is 0.322 e. The van der Waals surface area contributed by atoms with Crippen LogP contribution in [-0.4, -0.2) is 44.7 Å². The number of nitrogens with zero attached hydrogens (tertiary/aromatic N) is 4. The SMILES string of the molecule is CCC(=O)Nc1ccc(CNc2nc(O[C@H]3CCCNC3)nc3c(C(C)C)cnn23)cc1. The highest BCUT2D eigenvalue weighted by Crippen LogP contribution is 2.24. The van der Waals surface area contributed by atoms with E-state index in [1.165, 1.54) is 0 Å². The van der Waals surface area contributed by atoms with Gasteiger partial charge in [0.25, 0.3) is 0 Å². The average molecular weight is 438 g/mol. The summed E-state index contributed by atoms with van der Waals surface area (Å²) in [6.45, 7) is 8.45. The van der Waals surface area contributed by atoms with E-state index in [0.717, 1.165) is 48.4 Å². The van der Waals surface area contributed by atoms with Crippen LogP contribution in [0.4, 0.5) is 11.6 Å². The molecule has 170 valence electrons. The maximum absolute atomic E-state index is 11.6. The van der Waals surface area contributed by atoms with E-state index in [-0.39, 0.29) is 17.9 Å². The summed E-state index contributed by atoms with van der Waals surface area (Å²) >= 11 is 0. The van der Waals surface area contributed by atoms with Gasteiger partial charge in [-0.05, 0) is 43.0 Å². The molecule has 2 aromatic heterocycles. The molecule has 1 fully saturated rings. The van der Waals surface area contributed by atoms with E-state index in [0.29, 0.717) is 24.9 Å². The maximum atomic E-state index is 11.6. The van der Waals surface area contributed by atoms with Crippen LogP contribution in [0.25, 0.3) is 5.65 Å². The van der Waals surface area contributed by atoms with Crippen LogP contribution in [0.1, 0.15) is 57.1 Å². The van der Waals surface area contributed by atoms with Crippen molar-refractivity contribution in [2.45, 2.75) is 58.6 Å². The molecular formula is C23H31N7O2. The van der Waals surface area contributed by atoms with E-state index in [1.54, 1.807) is 4.52 Å². The Morgan fingerprint density at radius 3 is 2.78 bits per heavy atom. The van der Waals surface area contributed by atoms with Gasteiger partial charge >= 0.3 is 6.01 Å². The van der Waals surface area contributed by atoms with Crippen molar-refractivity contribution < 1.29 is 9.53 Å². The Kier molecular flexibility index (Phi) is 6.84. The van der Waals surface area contributed by atoms with Crippen molar-refractivity contribution in [3.05, 3.63) is 41.6 Å². The third-order valence-corrected chi connectivity index (χ3v) is 5.53. The fraction of sp³-hybridized carbons (Fsp3) is 0.478. The molecule has 1 aliphatic rings. The molecule has 4 rings (SSSR count). The Hall–Kier alpha value is -3.20. The number of hydrogen-bond acceptors (Lipinski definition) is 7. The van der Waals surface area contributed by atoms with Gasteiger partial charge < -0.3 is 20.7 Å². The zero-order valence-electron chi connectivity index (χ0n) is 18.9. The summed E-state index contributed by atoms with van der Waals surface area (Å²) in [4.78, 5) is 20.9. The Labute approximate surface area is 188 Å². The fourth-order valence-electron chi connectivity index (χ4n) is 3.66. The molecule has 3 aromatic rings. The number of amides is 1. The summed E-state index contributed by atoms with van der Waals surface area (Å²) in [7, 11) is 0. The number of anilines is 2. The lowest BCUT2D eigenvalue weighted by Gasteiger charge is -2.23. The summed E-state index contributed by atoms with van der Waals surface area (Å²) in [6, 6.07) is 8.12.